The molecule has 0 aliphatic heterocycles. The summed E-state index contributed by atoms with van der Waals surface area (Å²) in [6.45, 7) is 0. The molecule has 2 rings (SSSR count). The molecule has 2 aromatic carbocycles. The van der Waals surface area contributed by atoms with Gasteiger partial charge in [-0.3, -0.25) is 0 Å². The van der Waals surface area contributed by atoms with Gasteiger partial charge in [0, 0.05) is 16.6 Å². The first-order valence-corrected chi connectivity index (χ1v) is 6.32. The van der Waals surface area contributed by atoms with E-state index in [9.17, 15) is 4.39 Å². The van der Waals surface area contributed by atoms with Crippen LogP contribution < -0.4 is 10.5 Å². The van der Waals surface area contributed by atoms with Gasteiger partial charge in [0.25, 0.3) is 0 Å². The fraction of sp³-hybridized carbons (Fsp3) is 0.200. The Morgan fingerprint density at radius 2 is 2.00 bits per heavy atom. The average molecular weight is 280 g/mol. The molecule has 2 aromatic rings. The second-order valence-electron chi connectivity index (χ2n) is 4.30. The lowest BCUT2D eigenvalue weighted by Crippen LogP contribution is -2.16. The summed E-state index contributed by atoms with van der Waals surface area (Å²) in [6.07, 6.45) is 0.498. The quantitative estimate of drug-likeness (QED) is 0.925. The van der Waals surface area contributed by atoms with Crippen LogP contribution in [-0.2, 0) is 6.42 Å². The monoisotopic (exact) mass is 279 g/mol. The van der Waals surface area contributed by atoms with Gasteiger partial charge >= 0.3 is 0 Å². The van der Waals surface area contributed by atoms with E-state index in [1.807, 2.05) is 18.2 Å². The lowest BCUT2D eigenvalue weighted by atomic mass is 9.98. The van der Waals surface area contributed by atoms with Crippen molar-refractivity contribution in [2.45, 2.75) is 12.5 Å². The SMILES string of the molecule is COc1cccc(F)c1C(N)Cc1cccc(Cl)c1. The molecular formula is C15H15ClFNO. The van der Waals surface area contributed by atoms with Crippen LogP contribution in [0, 0.1) is 5.82 Å². The average Bonchev–Trinajstić information content (AvgIpc) is 2.38. The van der Waals surface area contributed by atoms with E-state index in [0.717, 1.165) is 5.56 Å². The molecule has 0 saturated heterocycles. The van der Waals surface area contributed by atoms with Crippen molar-refractivity contribution < 1.29 is 9.13 Å². The van der Waals surface area contributed by atoms with E-state index in [1.165, 1.54) is 13.2 Å². The fourth-order valence-electron chi connectivity index (χ4n) is 2.08. The van der Waals surface area contributed by atoms with Crippen LogP contribution in [0.5, 0.6) is 5.75 Å². The van der Waals surface area contributed by atoms with Crippen LogP contribution >= 0.6 is 11.6 Å². The van der Waals surface area contributed by atoms with Crippen molar-refractivity contribution in [2.24, 2.45) is 5.73 Å². The van der Waals surface area contributed by atoms with E-state index in [2.05, 4.69) is 0 Å². The number of hydrogen-bond acceptors (Lipinski definition) is 2. The van der Waals surface area contributed by atoms with Crippen molar-refractivity contribution in [3.05, 3.63) is 64.4 Å². The molecule has 0 spiro atoms. The minimum atomic E-state index is -0.477. The molecule has 19 heavy (non-hydrogen) atoms. The normalized spacial score (nSPS) is 12.2. The highest BCUT2D eigenvalue weighted by atomic mass is 35.5. The van der Waals surface area contributed by atoms with Gasteiger partial charge in [-0.15, -0.1) is 0 Å². The van der Waals surface area contributed by atoms with E-state index in [4.69, 9.17) is 22.1 Å². The topological polar surface area (TPSA) is 35.2 Å². The molecule has 0 amide bonds. The van der Waals surface area contributed by atoms with Gasteiger partial charge in [-0.2, -0.15) is 0 Å². The Labute approximate surface area is 117 Å². The van der Waals surface area contributed by atoms with E-state index in [0.29, 0.717) is 22.8 Å². The van der Waals surface area contributed by atoms with Crippen LogP contribution in [0.2, 0.25) is 5.02 Å². The van der Waals surface area contributed by atoms with Crippen molar-refractivity contribution in [1.29, 1.82) is 0 Å². The third kappa shape index (κ3) is 3.25. The molecule has 100 valence electrons. The van der Waals surface area contributed by atoms with Gasteiger partial charge in [-0.05, 0) is 36.2 Å². The summed E-state index contributed by atoms with van der Waals surface area (Å²) in [5.74, 6) is 0.114. The Kier molecular flexibility index (Phi) is 4.40. The number of halogens is 2. The summed E-state index contributed by atoms with van der Waals surface area (Å²) in [6, 6.07) is 11.6. The molecule has 0 aliphatic carbocycles. The predicted molar refractivity (Wildman–Crippen MR) is 75.0 cm³/mol. The van der Waals surface area contributed by atoms with Crippen LogP contribution in [0.25, 0.3) is 0 Å². The summed E-state index contributed by atoms with van der Waals surface area (Å²) in [5, 5.41) is 0.644. The van der Waals surface area contributed by atoms with Gasteiger partial charge in [0.05, 0.1) is 7.11 Å². The molecular weight excluding hydrogens is 265 g/mol. The zero-order chi connectivity index (χ0) is 13.8. The third-order valence-electron chi connectivity index (χ3n) is 2.95. The molecule has 1 unspecified atom stereocenters. The first-order chi connectivity index (χ1) is 9.11. The van der Waals surface area contributed by atoms with Crippen LogP contribution in [0.15, 0.2) is 42.5 Å². The highest BCUT2D eigenvalue weighted by molar-refractivity contribution is 6.30. The number of ether oxygens (including phenoxy) is 1. The maximum Gasteiger partial charge on any atom is 0.131 e. The molecule has 4 heteroatoms. The highest BCUT2D eigenvalue weighted by Gasteiger charge is 2.17. The van der Waals surface area contributed by atoms with Crippen molar-refractivity contribution >= 4 is 11.6 Å². The number of rotatable bonds is 4. The summed E-state index contributed by atoms with van der Waals surface area (Å²) in [5.41, 5.74) is 7.45. The minimum absolute atomic E-state index is 0.353. The highest BCUT2D eigenvalue weighted by Crippen LogP contribution is 2.29. The van der Waals surface area contributed by atoms with Gasteiger partial charge in [0.15, 0.2) is 0 Å². The summed E-state index contributed by atoms with van der Waals surface area (Å²) in [7, 11) is 1.50. The summed E-state index contributed by atoms with van der Waals surface area (Å²) >= 11 is 5.92. The first-order valence-electron chi connectivity index (χ1n) is 5.94. The van der Waals surface area contributed by atoms with Crippen LogP contribution in [0.3, 0.4) is 0 Å². The first kappa shape index (κ1) is 13.8. The van der Waals surface area contributed by atoms with Gasteiger partial charge in [-0.1, -0.05) is 29.8 Å². The lowest BCUT2D eigenvalue weighted by molar-refractivity contribution is 0.399. The summed E-state index contributed by atoms with van der Waals surface area (Å²) in [4.78, 5) is 0. The molecule has 2 N–H and O–H groups in total. The molecule has 2 nitrogen and oxygen atoms in total. The number of nitrogens with two attached hydrogens (primary N) is 1. The molecule has 0 heterocycles. The molecule has 0 bridgehead atoms. The molecule has 0 radical (unpaired) electrons. The smallest absolute Gasteiger partial charge is 0.131 e. The molecule has 0 aromatic heterocycles. The van der Waals surface area contributed by atoms with Crippen molar-refractivity contribution in [1.82, 2.24) is 0 Å². The van der Waals surface area contributed by atoms with E-state index in [1.54, 1.807) is 18.2 Å². The second-order valence-corrected chi connectivity index (χ2v) is 4.73. The maximum absolute atomic E-state index is 13.9. The lowest BCUT2D eigenvalue weighted by Gasteiger charge is -2.16. The predicted octanol–water partition coefficient (Wildman–Crippen LogP) is 3.73. The zero-order valence-electron chi connectivity index (χ0n) is 10.6. The molecule has 0 fully saturated rings. The van der Waals surface area contributed by atoms with Gasteiger partial charge in [0.1, 0.15) is 11.6 Å². The second kappa shape index (κ2) is 6.04. The molecule has 0 saturated carbocycles. The Balaban J connectivity index is 2.27. The van der Waals surface area contributed by atoms with Crippen molar-refractivity contribution in [2.75, 3.05) is 7.11 Å². The van der Waals surface area contributed by atoms with Gasteiger partial charge < -0.3 is 10.5 Å². The molecule has 0 aliphatic rings. The van der Waals surface area contributed by atoms with Crippen LogP contribution in [0.1, 0.15) is 17.2 Å². The number of hydrogen-bond donors (Lipinski definition) is 1. The Morgan fingerprint density at radius 1 is 1.26 bits per heavy atom. The van der Waals surface area contributed by atoms with Crippen LogP contribution in [0.4, 0.5) is 4.39 Å². The largest absolute Gasteiger partial charge is 0.496 e. The van der Waals surface area contributed by atoms with E-state index in [-0.39, 0.29) is 5.82 Å². The maximum atomic E-state index is 13.9. The van der Waals surface area contributed by atoms with Crippen molar-refractivity contribution in [3.8, 4) is 5.75 Å². The standard InChI is InChI=1S/C15H15ClFNO/c1-19-14-7-3-6-12(17)15(14)13(18)9-10-4-2-5-11(16)8-10/h2-8,13H,9,18H2,1H3. The Morgan fingerprint density at radius 3 is 2.68 bits per heavy atom. The Hall–Kier alpha value is -1.58. The van der Waals surface area contributed by atoms with E-state index < -0.39 is 6.04 Å². The van der Waals surface area contributed by atoms with Gasteiger partial charge in [0.2, 0.25) is 0 Å². The van der Waals surface area contributed by atoms with Crippen LogP contribution in [-0.4, -0.2) is 7.11 Å². The number of methoxy groups -OCH3 is 1. The minimum Gasteiger partial charge on any atom is -0.496 e. The van der Waals surface area contributed by atoms with Crippen molar-refractivity contribution in [3.63, 3.8) is 0 Å². The Bertz CT molecular complexity index is 574. The van der Waals surface area contributed by atoms with E-state index >= 15 is 0 Å². The van der Waals surface area contributed by atoms with Gasteiger partial charge in [-0.25, -0.2) is 4.39 Å². The fourth-order valence-corrected chi connectivity index (χ4v) is 2.29. The number of benzene rings is 2. The summed E-state index contributed by atoms with van der Waals surface area (Å²) < 4.78 is 19.0. The third-order valence-corrected chi connectivity index (χ3v) is 3.18. The molecule has 1 atom stereocenters. The zero-order valence-corrected chi connectivity index (χ0v) is 11.3.